The van der Waals surface area contributed by atoms with Crippen LogP contribution in [0.1, 0.15) is 89.3 Å². The van der Waals surface area contributed by atoms with E-state index >= 15 is 4.39 Å². The number of allylic oxidation sites excluding steroid dienone is 1. The second kappa shape index (κ2) is 15.5. The first-order valence-electron chi connectivity index (χ1n) is 20.7. The van der Waals surface area contributed by atoms with Crippen molar-refractivity contribution < 1.29 is 28.7 Å². The fraction of sp³-hybridized carbons (Fsp3) is 0.362. The molecule has 0 spiro atoms. The number of hydrogen-bond donors (Lipinski definition) is 2. The van der Waals surface area contributed by atoms with Gasteiger partial charge in [0.25, 0.3) is 11.8 Å². The summed E-state index contributed by atoms with van der Waals surface area (Å²) in [7, 11) is 0. The molecule has 6 aliphatic heterocycles. The average molecular weight is 782 g/mol. The van der Waals surface area contributed by atoms with E-state index in [4.69, 9.17) is 0 Å². The Labute approximate surface area is 337 Å². The van der Waals surface area contributed by atoms with Crippen LogP contribution in [0.25, 0.3) is 11.1 Å². The number of nitrogens with one attached hydrogen (secondary N) is 1. The lowest BCUT2D eigenvalue weighted by molar-refractivity contribution is -0.136. The minimum Gasteiger partial charge on any atom is -0.508 e. The molecule has 10 rings (SSSR count). The Bertz CT molecular complexity index is 2290. The van der Waals surface area contributed by atoms with Gasteiger partial charge in [0.1, 0.15) is 17.6 Å². The minimum atomic E-state index is -1.09. The molecule has 6 heterocycles. The van der Waals surface area contributed by atoms with Crippen LogP contribution in [0.15, 0.2) is 91.0 Å². The van der Waals surface area contributed by atoms with Crippen LogP contribution in [0.3, 0.4) is 0 Å². The lowest BCUT2D eigenvalue weighted by Crippen LogP contribution is -2.63. The molecular formula is C47H48FN5O5. The van der Waals surface area contributed by atoms with Crippen LogP contribution in [-0.4, -0.2) is 89.4 Å². The van der Waals surface area contributed by atoms with E-state index < -0.39 is 35.5 Å². The van der Waals surface area contributed by atoms with E-state index in [-0.39, 0.29) is 41.8 Å². The first kappa shape index (κ1) is 37.7. The molecule has 0 aliphatic carbocycles. The smallest absolute Gasteiger partial charge is 0.262 e. The highest BCUT2D eigenvalue weighted by Crippen LogP contribution is 2.40. The number of imide groups is 2. The molecule has 0 saturated carbocycles. The second-order valence-electron chi connectivity index (χ2n) is 16.4. The van der Waals surface area contributed by atoms with Gasteiger partial charge in [-0.15, -0.1) is 0 Å². The summed E-state index contributed by atoms with van der Waals surface area (Å²) in [6, 6.07) is 28.8. The summed E-state index contributed by atoms with van der Waals surface area (Å²) in [6.07, 6.45) is 5.09. The molecule has 6 aliphatic rings. The van der Waals surface area contributed by atoms with Crippen LogP contribution in [0, 0.1) is 11.7 Å². The Morgan fingerprint density at radius 2 is 1.41 bits per heavy atom. The van der Waals surface area contributed by atoms with Gasteiger partial charge in [-0.1, -0.05) is 61.5 Å². The monoisotopic (exact) mass is 781 g/mol. The standard InChI is InChI=1S/C47H48FN5O5/c1-2-37(30-6-4-3-5-7-30)44(32-10-16-36(54)17-11-32)31-8-12-33(13-9-31)50-22-20-29(21-23-50)26-51-27-35-15-14-34(51)28-52(35)42-25-39-38(24-40(42)48)46(57)53(47(39)58)41-18-19-43(55)49-45(41)56/h3-13,16-17,24-25,29,34-35,41,54H,2,14-15,18-23,26-28H2,1H3,(H,49,55,56). The summed E-state index contributed by atoms with van der Waals surface area (Å²) in [5.74, 6) is -2.17. The van der Waals surface area contributed by atoms with E-state index in [9.17, 15) is 24.3 Å². The van der Waals surface area contributed by atoms with Gasteiger partial charge in [-0.2, -0.15) is 0 Å². The average Bonchev–Trinajstić information content (AvgIpc) is 3.48. The number of piperazine rings is 1. The number of phenols is 1. The van der Waals surface area contributed by atoms with Crippen molar-refractivity contribution in [3.8, 4) is 5.75 Å². The number of phenolic OH excluding ortho intramolecular Hbond substituents is 1. The van der Waals surface area contributed by atoms with Gasteiger partial charge in [0, 0.05) is 56.9 Å². The zero-order valence-electron chi connectivity index (χ0n) is 32.7. The zero-order chi connectivity index (χ0) is 40.1. The molecule has 11 heteroatoms. The fourth-order valence-corrected chi connectivity index (χ4v) is 9.99. The maximum atomic E-state index is 15.8. The van der Waals surface area contributed by atoms with Crippen LogP contribution in [0.5, 0.6) is 5.75 Å². The van der Waals surface area contributed by atoms with E-state index in [0.717, 1.165) is 80.4 Å². The molecule has 5 saturated heterocycles. The Morgan fingerprint density at radius 3 is 2.05 bits per heavy atom. The highest BCUT2D eigenvalue weighted by atomic mass is 19.1. The van der Waals surface area contributed by atoms with Gasteiger partial charge >= 0.3 is 0 Å². The third kappa shape index (κ3) is 6.95. The predicted octanol–water partition coefficient (Wildman–Crippen LogP) is 6.87. The quantitative estimate of drug-likeness (QED) is 0.140. The summed E-state index contributed by atoms with van der Waals surface area (Å²) >= 11 is 0. The van der Waals surface area contributed by atoms with Crippen molar-refractivity contribution in [2.45, 2.75) is 70.0 Å². The lowest BCUT2D eigenvalue weighted by Gasteiger charge is -2.53. The van der Waals surface area contributed by atoms with Crippen molar-refractivity contribution in [2.75, 3.05) is 42.5 Å². The van der Waals surface area contributed by atoms with Crippen molar-refractivity contribution in [2.24, 2.45) is 5.92 Å². The molecule has 4 aromatic carbocycles. The van der Waals surface area contributed by atoms with Crippen LogP contribution in [0.2, 0.25) is 0 Å². The first-order chi connectivity index (χ1) is 28.2. The van der Waals surface area contributed by atoms with Crippen molar-refractivity contribution in [3.63, 3.8) is 0 Å². The fourth-order valence-electron chi connectivity index (χ4n) is 9.99. The Morgan fingerprint density at radius 1 is 0.759 bits per heavy atom. The van der Waals surface area contributed by atoms with Gasteiger partial charge in [0.05, 0.1) is 16.8 Å². The molecule has 4 amide bonds. The van der Waals surface area contributed by atoms with Crippen LogP contribution >= 0.6 is 0 Å². The van der Waals surface area contributed by atoms with E-state index in [1.54, 1.807) is 12.1 Å². The van der Waals surface area contributed by atoms with E-state index in [1.165, 1.54) is 28.5 Å². The van der Waals surface area contributed by atoms with Crippen molar-refractivity contribution in [3.05, 3.63) is 125 Å². The third-order valence-corrected chi connectivity index (χ3v) is 13.0. The number of carbonyl (C=O) groups is 4. The molecule has 0 radical (unpaired) electrons. The van der Waals surface area contributed by atoms with E-state index in [1.807, 2.05) is 18.2 Å². The maximum absolute atomic E-state index is 15.8. The molecule has 3 unspecified atom stereocenters. The van der Waals surface area contributed by atoms with Gasteiger partial charge < -0.3 is 14.9 Å². The number of carbonyl (C=O) groups excluding carboxylic acids is 4. The normalized spacial score (nSPS) is 23.0. The van der Waals surface area contributed by atoms with E-state index in [0.29, 0.717) is 18.2 Å². The molecule has 4 aromatic rings. The van der Waals surface area contributed by atoms with Crippen molar-refractivity contribution in [1.82, 2.24) is 15.1 Å². The number of piperidine rings is 4. The molecule has 0 aromatic heterocycles. The highest BCUT2D eigenvalue weighted by Gasteiger charge is 2.47. The summed E-state index contributed by atoms with van der Waals surface area (Å²) in [5, 5.41) is 12.2. The van der Waals surface area contributed by atoms with Gasteiger partial charge in [0.2, 0.25) is 11.8 Å². The lowest BCUT2D eigenvalue weighted by atomic mass is 9.87. The number of halogens is 1. The van der Waals surface area contributed by atoms with Gasteiger partial charge in [-0.25, -0.2) is 4.39 Å². The Balaban J connectivity index is 0.840. The SMILES string of the molecule is CCC(=C(c1ccc(O)cc1)c1ccc(N2CCC(CN3CC4CCC3CN4c3cc4c(cc3F)C(=O)N(C3CCC(=O)NC3=O)C4=O)CC2)cc1)c1ccccc1. The van der Waals surface area contributed by atoms with Gasteiger partial charge in [-0.05, 0) is 109 Å². The van der Waals surface area contributed by atoms with E-state index in [2.05, 4.69) is 75.5 Å². The maximum Gasteiger partial charge on any atom is 0.262 e. The van der Waals surface area contributed by atoms with Crippen LogP contribution in [0.4, 0.5) is 15.8 Å². The molecule has 10 nitrogen and oxygen atoms in total. The highest BCUT2D eigenvalue weighted by molar-refractivity contribution is 6.23. The number of anilines is 2. The number of amides is 4. The third-order valence-electron chi connectivity index (χ3n) is 13.0. The predicted molar refractivity (Wildman–Crippen MR) is 221 cm³/mol. The number of nitrogens with zero attached hydrogens (tertiary/aromatic N) is 4. The summed E-state index contributed by atoms with van der Waals surface area (Å²) in [6.45, 7) is 6.61. The van der Waals surface area contributed by atoms with Gasteiger partial charge in [-0.3, -0.25) is 34.3 Å². The van der Waals surface area contributed by atoms with Crippen molar-refractivity contribution in [1.29, 1.82) is 0 Å². The topological polar surface area (TPSA) is 114 Å². The molecule has 298 valence electrons. The number of hydrogen-bond acceptors (Lipinski definition) is 8. The summed E-state index contributed by atoms with van der Waals surface area (Å²) in [4.78, 5) is 59.0. The molecule has 3 atom stereocenters. The van der Waals surface area contributed by atoms with Crippen LogP contribution < -0.4 is 15.1 Å². The Hall–Kier alpha value is -5.81. The molecule has 58 heavy (non-hydrogen) atoms. The second-order valence-corrected chi connectivity index (χ2v) is 16.4. The number of fused-ring (bicyclic) bond motifs is 4. The molecule has 5 fully saturated rings. The largest absolute Gasteiger partial charge is 0.508 e. The molecule has 2 bridgehead atoms. The molecular weight excluding hydrogens is 734 g/mol. The number of aromatic hydroxyl groups is 1. The van der Waals surface area contributed by atoms with Crippen LogP contribution in [-0.2, 0) is 9.59 Å². The number of benzene rings is 4. The first-order valence-corrected chi connectivity index (χ1v) is 20.7. The van der Waals surface area contributed by atoms with Crippen molar-refractivity contribution >= 4 is 46.1 Å². The Kier molecular flexibility index (Phi) is 10.1. The summed E-state index contributed by atoms with van der Waals surface area (Å²) < 4.78 is 15.8. The summed E-state index contributed by atoms with van der Waals surface area (Å²) in [5.41, 5.74) is 7.47. The zero-order valence-corrected chi connectivity index (χ0v) is 32.7. The van der Waals surface area contributed by atoms with Gasteiger partial charge in [0.15, 0.2) is 0 Å². The number of rotatable bonds is 9. The minimum absolute atomic E-state index is 0.0297. The molecule has 2 N–H and O–H groups in total.